The topological polar surface area (TPSA) is 86.8 Å². The van der Waals surface area contributed by atoms with Crippen LogP contribution in [-0.2, 0) is 32.5 Å². The van der Waals surface area contributed by atoms with E-state index in [0.717, 1.165) is 40.4 Å². The molecule has 1 atom stereocenters. The van der Waals surface area contributed by atoms with Crippen molar-refractivity contribution < 1.29 is 18.0 Å². The number of sulfonamides is 1. The third-order valence-corrected chi connectivity index (χ3v) is 8.41. The molecule has 1 saturated carbocycles. The lowest BCUT2D eigenvalue weighted by Gasteiger charge is -2.32. The number of carbonyl (C=O) groups is 2. The van der Waals surface area contributed by atoms with Crippen molar-refractivity contribution in [3.05, 3.63) is 59.7 Å². The highest BCUT2D eigenvalue weighted by Gasteiger charge is 2.37. The van der Waals surface area contributed by atoms with E-state index in [9.17, 15) is 18.0 Å². The summed E-state index contributed by atoms with van der Waals surface area (Å²) in [5, 5.41) is 2.78. The Bertz CT molecular complexity index is 1130. The van der Waals surface area contributed by atoms with Crippen LogP contribution in [0.1, 0.15) is 37.3 Å². The van der Waals surface area contributed by atoms with Gasteiger partial charge in [-0.25, -0.2) is 8.42 Å². The lowest BCUT2D eigenvalue weighted by Crippen LogP contribution is -2.42. The number of benzene rings is 2. The molecule has 1 aliphatic heterocycles. The van der Waals surface area contributed by atoms with Crippen LogP contribution in [0, 0.1) is 5.92 Å². The van der Waals surface area contributed by atoms with E-state index in [1.807, 2.05) is 42.2 Å². The Balaban J connectivity index is 1.39. The lowest BCUT2D eigenvalue weighted by atomic mass is 9.84. The minimum absolute atomic E-state index is 0.0131. The Hall–Kier alpha value is -2.71. The summed E-state index contributed by atoms with van der Waals surface area (Å²) in [6, 6.07) is 14.7. The molecule has 0 radical (unpaired) electrons. The molecule has 2 aromatic carbocycles. The number of carbonyl (C=O) groups excluding carboxylic acids is 2. The van der Waals surface area contributed by atoms with Crippen molar-refractivity contribution in [3.63, 3.8) is 0 Å². The minimum atomic E-state index is -3.83. The highest BCUT2D eigenvalue weighted by molar-refractivity contribution is 7.89. The van der Waals surface area contributed by atoms with Crippen molar-refractivity contribution in [2.45, 2.75) is 50.0 Å². The van der Waals surface area contributed by atoms with Gasteiger partial charge in [0.2, 0.25) is 21.8 Å². The van der Waals surface area contributed by atoms with E-state index in [1.54, 1.807) is 12.1 Å². The van der Waals surface area contributed by atoms with Gasteiger partial charge in [-0.1, -0.05) is 36.8 Å². The summed E-state index contributed by atoms with van der Waals surface area (Å²) in [5.41, 5.74) is 2.77. The van der Waals surface area contributed by atoms with E-state index in [4.69, 9.17) is 0 Å². The molecule has 7 nitrogen and oxygen atoms in total. The van der Waals surface area contributed by atoms with Crippen LogP contribution in [0.15, 0.2) is 53.4 Å². The number of likely N-dealkylation sites (N-methyl/N-ethyl adjacent to an activating group) is 1. The summed E-state index contributed by atoms with van der Waals surface area (Å²) in [6.07, 6.45) is 4.27. The van der Waals surface area contributed by atoms with E-state index in [2.05, 4.69) is 5.32 Å². The SMILES string of the molecule is C[C@H]1Cc2cc(S(=O)(=O)N(C)CC(=O)NCCc3ccccc3)ccc2N1C(=O)C1CCC1. The molecular weight excluding hydrogens is 438 g/mol. The molecule has 33 heavy (non-hydrogen) atoms. The molecule has 0 bridgehead atoms. The van der Waals surface area contributed by atoms with Gasteiger partial charge in [0.25, 0.3) is 0 Å². The minimum Gasteiger partial charge on any atom is -0.355 e. The average molecular weight is 470 g/mol. The van der Waals surface area contributed by atoms with Crippen LogP contribution in [0.5, 0.6) is 0 Å². The zero-order valence-electron chi connectivity index (χ0n) is 19.2. The van der Waals surface area contributed by atoms with Gasteiger partial charge in [0.05, 0.1) is 11.4 Å². The van der Waals surface area contributed by atoms with Gasteiger partial charge in [-0.05, 0) is 61.9 Å². The summed E-state index contributed by atoms with van der Waals surface area (Å²) < 4.78 is 27.2. The number of nitrogens with one attached hydrogen (secondary N) is 1. The van der Waals surface area contributed by atoms with Gasteiger partial charge >= 0.3 is 0 Å². The molecular formula is C25H31N3O4S. The number of hydrogen-bond acceptors (Lipinski definition) is 4. The molecule has 8 heteroatoms. The second-order valence-corrected chi connectivity index (χ2v) is 11.1. The van der Waals surface area contributed by atoms with Crippen molar-refractivity contribution in [2.75, 3.05) is 25.0 Å². The Morgan fingerprint density at radius 2 is 1.85 bits per heavy atom. The number of hydrogen-bond donors (Lipinski definition) is 1. The molecule has 1 fully saturated rings. The van der Waals surface area contributed by atoms with E-state index in [-0.39, 0.29) is 35.2 Å². The predicted molar refractivity (Wildman–Crippen MR) is 127 cm³/mol. The maximum atomic E-state index is 13.1. The van der Waals surface area contributed by atoms with Gasteiger partial charge in [-0.15, -0.1) is 0 Å². The van der Waals surface area contributed by atoms with E-state index in [0.29, 0.717) is 19.4 Å². The van der Waals surface area contributed by atoms with Gasteiger partial charge < -0.3 is 10.2 Å². The van der Waals surface area contributed by atoms with Gasteiger partial charge in [-0.2, -0.15) is 4.31 Å². The molecule has 0 unspecified atom stereocenters. The lowest BCUT2D eigenvalue weighted by molar-refractivity contribution is -0.125. The van der Waals surface area contributed by atoms with Crippen LogP contribution in [0.25, 0.3) is 0 Å². The first-order valence-electron chi connectivity index (χ1n) is 11.5. The largest absolute Gasteiger partial charge is 0.355 e. The molecule has 0 aromatic heterocycles. The number of fused-ring (bicyclic) bond motifs is 1. The Labute approximate surface area is 195 Å². The van der Waals surface area contributed by atoms with E-state index >= 15 is 0 Å². The predicted octanol–water partition coefficient (Wildman–Crippen LogP) is 2.74. The quantitative estimate of drug-likeness (QED) is 0.644. The fourth-order valence-electron chi connectivity index (χ4n) is 4.47. The number of anilines is 1. The van der Waals surface area contributed by atoms with Crippen molar-refractivity contribution in [1.82, 2.24) is 9.62 Å². The zero-order valence-corrected chi connectivity index (χ0v) is 20.0. The smallest absolute Gasteiger partial charge is 0.243 e. The van der Waals surface area contributed by atoms with Gasteiger partial charge in [-0.3, -0.25) is 9.59 Å². The van der Waals surface area contributed by atoms with Crippen LogP contribution in [0.3, 0.4) is 0 Å². The third kappa shape index (κ3) is 4.96. The standard InChI is InChI=1S/C25H31N3O4S/c1-18-15-21-16-22(11-12-23(21)28(18)25(30)20-9-6-10-20)33(31,32)27(2)17-24(29)26-14-13-19-7-4-3-5-8-19/h3-5,7-8,11-12,16,18,20H,6,9-10,13-15,17H2,1-2H3,(H,26,29)/t18-/m0/s1. The van der Waals surface area contributed by atoms with Crippen LogP contribution >= 0.6 is 0 Å². The highest BCUT2D eigenvalue weighted by atomic mass is 32.2. The number of rotatable bonds is 8. The summed E-state index contributed by atoms with van der Waals surface area (Å²) in [6.45, 7) is 2.19. The Morgan fingerprint density at radius 3 is 2.52 bits per heavy atom. The van der Waals surface area contributed by atoms with E-state index < -0.39 is 10.0 Å². The molecule has 2 amide bonds. The first-order chi connectivity index (χ1) is 15.8. The maximum Gasteiger partial charge on any atom is 0.243 e. The van der Waals surface area contributed by atoms with E-state index in [1.165, 1.54) is 13.1 Å². The van der Waals surface area contributed by atoms with Gasteiger partial charge in [0.15, 0.2) is 0 Å². The second-order valence-electron chi connectivity index (χ2n) is 9.03. The Kier molecular flexibility index (Phi) is 6.86. The van der Waals surface area contributed by atoms with Crippen LogP contribution in [0.2, 0.25) is 0 Å². The molecule has 1 heterocycles. The van der Waals surface area contributed by atoms with Crippen molar-refractivity contribution in [2.24, 2.45) is 5.92 Å². The third-order valence-electron chi connectivity index (χ3n) is 6.61. The number of amides is 2. The normalized spacial score (nSPS) is 18.2. The fourth-order valence-corrected chi connectivity index (χ4v) is 5.65. The Morgan fingerprint density at radius 1 is 1.12 bits per heavy atom. The highest BCUT2D eigenvalue weighted by Crippen LogP contribution is 2.38. The molecule has 0 spiro atoms. The fraction of sp³-hybridized carbons (Fsp3) is 0.440. The van der Waals surface area contributed by atoms with Crippen molar-refractivity contribution >= 4 is 27.5 Å². The first-order valence-corrected chi connectivity index (χ1v) is 12.9. The van der Waals surface area contributed by atoms with Crippen LogP contribution in [0.4, 0.5) is 5.69 Å². The average Bonchev–Trinajstić information content (AvgIpc) is 3.08. The maximum absolute atomic E-state index is 13.1. The first kappa shape index (κ1) is 23.4. The zero-order chi connectivity index (χ0) is 23.6. The number of nitrogens with zero attached hydrogens (tertiary/aromatic N) is 2. The molecule has 1 aliphatic carbocycles. The monoisotopic (exact) mass is 469 g/mol. The second kappa shape index (κ2) is 9.65. The van der Waals surface area contributed by atoms with Crippen molar-refractivity contribution in [3.8, 4) is 0 Å². The molecule has 0 saturated heterocycles. The summed E-state index contributed by atoms with van der Waals surface area (Å²) in [7, 11) is -2.42. The molecule has 4 rings (SSSR count). The summed E-state index contributed by atoms with van der Waals surface area (Å²) in [5.74, 6) is -0.107. The summed E-state index contributed by atoms with van der Waals surface area (Å²) in [4.78, 5) is 27.1. The molecule has 2 aliphatic rings. The molecule has 2 aromatic rings. The molecule has 1 N–H and O–H groups in total. The van der Waals surface area contributed by atoms with Crippen molar-refractivity contribution in [1.29, 1.82) is 0 Å². The van der Waals surface area contributed by atoms with Crippen LogP contribution < -0.4 is 10.2 Å². The van der Waals surface area contributed by atoms with Gasteiger partial charge in [0.1, 0.15) is 0 Å². The van der Waals surface area contributed by atoms with Crippen LogP contribution in [-0.4, -0.2) is 50.7 Å². The van der Waals surface area contributed by atoms with Gasteiger partial charge in [0, 0.05) is 31.2 Å². The summed E-state index contributed by atoms with van der Waals surface area (Å²) >= 11 is 0. The molecule has 176 valence electrons.